The Morgan fingerprint density at radius 3 is 2.25 bits per heavy atom. The molecule has 20 heavy (non-hydrogen) atoms. The molecule has 1 aromatic carbocycles. The van der Waals surface area contributed by atoms with Gasteiger partial charge < -0.3 is 10.2 Å². The van der Waals surface area contributed by atoms with Gasteiger partial charge in [0.2, 0.25) is 5.91 Å². The molecule has 1 aromatic rings. The summed E-state index contributed by atoms with van der Waals surface area (Å²) < 4.78 is 37.3. The van der Waals surface area contributed by atoms with E-state index < -0.39 is 11.7 Å². The fraction of sp³-hybridized carbons (Fsp3) is 0.500. The Morgan fingerprint density at radius 2 is 1.75 bits per heavy atom. The van der Waals surface area contributed by atoms with Gasteiger partial charge in [-0.05, 0) is 57.2 Å². The molecule has 2 rings (SSSR count). The number of benzene rings is 1. The first kappa shape index (κ1) is 14.8. The maximum absolute atomic E-state index is 12.4. The van der Waals surface area contributed by atoms with Crippen LogP contribution in [0.4, 0.5) is 18.9 Å². The number of nitrogens with one attached hydrogen (secondary N) is 1. The van der Waals surface area contributed by atoms with E-state index in [4.69, 9.17) is 0 Å². The van der Waals surface area contributed by atoms with Gasteiger partial charge in [-0.2, -0.15) is 13.2 Å². The van der Waals surface area contributed by atoms with Crippen LogP contribution in [0.5, 0.6) is 0 Å². The number of hydrogen-bond donors (Lipinski definition) is 1. The summed E-state index contributed by atoms with van der Waals surface area (Å²) in [5.74, 6) is -0.175. The summed E-state index contributed by atoms with van der Waals surface area (Å²) in [5, 5.41) is 2.68. The van der Waals surface area contributed by atoms with Crippen molar-refractivity contribution in [2.75, 3.05) is 25.5 Å². The van der Waals surface area contributed by atoms with Crippen molar-refractivity contribution in [3.8, 4) is 0 Å². The Balaban J connectivity index is 1.94. The summed E-state index contributed by atoms with van der Waals surface area (Å²) in [5.41, 5.74) is -0.309. The Hall–Kier alpha value is -1.56. The summed E-state index contributed by atoms with van der Waals surface area (Å²) in [6.07, 6.45) is -2.79. The van der Waals surface area contributed by atoms with E-state index in [1.54, 1.807) is 0 Å². The van der Waals surface area contributed by atoms with E-state index in [9.17, 15) is 18.0 Å². The molecule has 0 atom stereocenters. The molecule has 0 radical (unpaired) electrons. The quantitative estimate of drug-likeness (QED) is 0.906. The molecule has 110 valence electrons. The van der Waals surface area contributed by atoms with Gasteiger partial charge in [0.15, 0.2) is 0 Å². The van der Waals surface area contributed by atoms with Crippen LogP contribution in [0.1, 0.15) is 18.4 Å². The highest BCUT2D eigenvalue weighted by Gasteiger charge is 2.30. The minimum absolute atomic E-state index is 0.0616. The predicted octanol–water partition coefficient (Wildman–Crippen LogP) is 2.99. The summed E-state index contributed by atoms with van der Waals surface area (Å²) in [6.45, 7) is 1.73. The molecule has 3 nitrogen and oxygen atoms in total. The molecule has 0 aliphatic carbocycles. The number of nitrogens with zero attached hydrogens (tertiary/aromatic N) is 1. The number of carbonyl (C=O) groups excluding carboxylic acids is 1. The first-order valence-electron chi connectivity index (χ1n) is 6.53. The van der Waals surface area contributed by atoms with Crippen LogP contribution in [0.15, 0.2) is 24.3 Å². The molecule has 1 aliphatic heterocycles. The highest BCUT2D eigenvalue weighted by molar-refractivity contribution is 5.92. The van der Waals surface area contributed by atoms with Crippen LogP contribution in [-0.4, -0.2) is 30.9 Å². The van der Waals surface area contributed by atoms with Gasteiger partial charge in [-0.1, -0.05) is 0 Å². The second kappa shape index (κ2) is 5.83. The van der Waals surface area contributed by atoms with Crippen LogP contribution in [0.25, 0.3) is 0 Å². The summed E-state index contributed by atoms with van der Waals surface area (Å²) >= 11 is 0. The fourth-order valence-corrected chi connectivity index (χ4v) is 2.26. The van der Waals surface area contributed by atoms with Crippen molar-refractivity contribution in [1.82, 2.24) is 4.90 Å². The third-order valence-corrected chi connectivity index (χ3v) is 3.57. The zero-order chi connectivity index (χ0) is 14.8. The average molecular weight is 286 g/mol. The first-order valence-corrected chi connectivity index (χ1v) is 6.53. The Labute approximate surface area is 115 Å². The first-order chi connectivity index (χ1) is 9.36. The van der Waals surface area contributed by atoms with Gasteiger partial charge in [0.05, 0.1) is 5.56 Å². The molecule has 1 saturated heterocycles. The number of hydrogen-bond acceptors (Lipinski definition) is 2. The van der Waals surface area contributed by atoms with E-state index in [0.29, 0.717) is 5.69 Å². The van der Waals surface area contributed by atoms with Gasteiger partial charge in [-0.25, -0.2) is 0 Å². The van der Waals surface area contributed by atoms with Gasteiger partial charge in [-0.15, -0.1) is 0 Å². The lowest BCUT2D eigenvalue weighted by Gasteiger charge is -2.28. The molecule has 0 unspecified atom stereocenters. The third kappa shape index (κ3) is 3.72. The smallest absolute Gasteiger partial charge is 0.326 e. The van der Waals surface area contributed by atoms with E-state index >= 15 is 0 Å². The lowest BCUT2D eigenvalue weighted by atomic mass is 9.96. The van der Waals surface area contributed by atoms with E-state index in [-0.39, 0.29) is 11.8 Å². The fourth-order valence-electron chi connectivity index (χ4n) is 2.26. The Bertz CT molecular complexity index is 462. The standard InChI is InChI=1S/C14H17F3N2O/c1-19-8-6-10(7-9-19)13(20)18-12-4-2-11(3-5-12)14(15,16)17/h2-5,10H,6-9H2,1H3,(H,18,20). The second-order valence-corrected chi connectivity index (χ2v) is 5.14. The molecule has 0 bridgehead atoms. The lowest BCUT2D eigenvalue weighted by molar-refractivity contribution is -0.137. The summed E-state index contributed by atoms with van der Waals surface area (Å²) in [4.78, 5) is 14.2. The van der Waals surface area contributed by atoms with Crippen LogP contribution in [0.3, 0.4) is 0 Å². The van der Waals surface area contributed by atoms with Crippen molar-refractivity contribution >= 4 is 11.6 Å². The van der Waals surface area contributed by atoms with E-state index in [2.05, 4.69) is 10.2 Å². The zero-order valence-electron chi connectivity index (χ0n) is 11.2. The monoisotopic (exact) mass is 286 g/mol. The summed E-state index contributed by atoms with van der Waals surface area (Å²) in [7, 11) is 2.00. The highest BCUT2D eigenvalue weighted by Crippen LogP contribution is 2.30. The van der Waals surface area contributed by atoms with E-state index in [1.807, 2.05) is 7.05 Å². The minimum atomic E-state index is -4.35. The molecule has 1 aliphatic rings. The molecular weight excluding hydrogens is 269 g/mol. The number of halogens is 3. The summed E-state index contributed by atoms with van der Waals surface area (Å²) in [6, 6.07) is 4.53. The molecule has 0 spiro atoms. The Kier molecular flexibility index (Phi) is 4.32. The highest BCUT2D eigenvalue weighted by atomic mass is 19.4. The third-order valence-electron chi connectivity index (χ3n) is 3.57. The molecule has 1 amide bonds. The molecule has 0 saturated carbocycles. The normalized spacial score (nSPS) is 18.0. The van der Waals surface area contributed by atoms with Crippen LogP contribution in [-0.2, 0) is 11.0 Å². The van der Waals surface area contributed by atoms with Gasteiger partial charge >= 0.3 is 6.18 Å². The van der Waals surface area contributed by atoms with Crippen molar-refractivity contribution in [2.24, 2.45) is 5.92 Å². The number of piperidine rings is 1. The van der Waals surface area contributed by atoms with Gasteiger partial charge in [0.1, 0.15) is 0 Å². The lowest BCUT2D eigenvalue weighted by Crippen LogP contribution is -2.35. The second-order valence-electron chi connectivity index (χ2n) is 5.14. The number of alkyl halides is 3. The van der Waals surface area contributed by atoms with Crippen LogP contribution < -0.4 is 5.32 Å². The van der Waals surface area contributed by atoms with Crippen molar-refractivity contribution < 1.29 is 18.0 Å². The predicted molar refractivity (Wildman–Crippen MR) is 70.3 cm³/mol. The number of amides is 1. The topological polar surface area (TPSA) is 32.3 Å². The van der Waals surface area contributed by atoms with Crippen LogP contribution in [0, 0.1) is 5.92 Å². The van der Waals surface area contributed by atoms with Crippen LogP contribution in [0.2, 0.25) is 0 Å². The minimum Gasteiger partial charge on any atom is -0.326 e. The number of carbonyl (C=O) groups is 1. The van der Waals surface area contributed by atoms with Gasteiger partial charge in [0, 0.05) is 11.6 Å². The van der Waals surface area contributed by atoms with Gasteiger partial charge in [-0.3, -0.25) is 4.79 Å². The zero-order valence-corrected chi connectivity index (χ0v) is 11.2. The molecule has 1 heterocycles. The SMILES string of the molecule is CN1CCC(C(=O)Nc2ccc(C(F)(F)F)cc2)CC1. The number of rotatable bonds is 2. The maximum Gasteiger partial charge on any atom is 0.416 e. The molecule has 6 heteroatoms. The van der Waals surface area contributed by atoms with Crippen molar-refractivity contribution in [3.63, 3.8) is 0 Å². The van der Waals surface area contributed by atoms with Crippen molar-refractivity contribution in [1.29, 1.82) is 0 Å². The van der Waals surface area contributed by atoms with Crippen LogP contribution >= 0.6 is 0 Å². The molecule has 0 aromatic heterocycles. The van der Waals surface area contributed by atoms with E-state index in [1.165, 1.54) is 12.1 Å². The molecular formula is C14H17F3N2O. The largest absolute Gasteiger partial charge is 0.416 e. The van der Waals surface area contributed by atoms with E-state index in [0.717, 1.165) is 38.1 Å². The number of likely N-dealkylation sites (tertiary alicyclic amines) is 1. The van der Waals surface area contributed by atoms with Crippen molar-refractivity contribution in [3.05, 3.63) is 29.8 Å². The Morgan fingerprint density at radius 1 is 1.20 bits per heavy atom. The van der Waals surface area contributed by atoms with Gasteiger partial charge in [0.25, 0.3) is 0 Å². The molecule has 1 N–H and O–H groups in total. The molecule has 1 fully saturated rings. The number of anilines is 1. The average Bonchev–Trinajstić information content (AvgIpc) is 2.39. The maximum atomic E-state index is 12.4. The van der Waals surface area contributed by atoms with Crippen molar-refractivity contribution in [2.45, 2.75) is 19.0 Å².